The largest absolute Gasteiger partial charge is 0.346 e. The average molecular weight is 420 g/mol. The quantitative estimate of drug-likeness (QED) is 0.775. The van der Waals surface area contributed by atoms with Crippen molar-refractivity contribution >= 4 is 33.0 Å². The summed E-state index contributed by atoms with van der Waals surface area (Å²) in [5.74, 6) is -0.304. The predicted octanol–water partition coefficient (Wildman–Crippen LogP) is 3.02. The number of halogens is 1. The average Bonchev–Trinajstić information content (AvgIpc) is 3.17. The molecule has 0 bridgehead atoms. The molecule has 0 atom stereocenters. The van der Waals surface area contributed by atoms with Gasteiger partial charge in [0.05, 0.1) is 4.90 Å². The van der Waals surface area contributed by atoms with E-state index in [1.807, 2.05) is 17.0 Å². The zero-order chi connectivity index (χ0) is 19.7. The van der Waals surface area contributed by atoms with Gasteiger partial charge in [0.25, 0.3) is 0 Å². The van der Waals surface area contributed by atoms with Gasteiger partial charge in [0.1, 0.15) is 5.82 Å². The lowest BCUT2D eigenvalue weighted by molar-refractivity contribution is 0.268. The smallest absolute Gasteiger partial charge is 0.243 e. The van der Waals surface area contributed by atoms with Crippen molar-refractivity contribution in [3.05, 3.63) is 59.4 Å². The standard InChI is InChI=1S/C20H22FN3O2S2/c21-17-5-7-18(8-6-17)22-20(27)23-10-12-24(13-11-23)28(25,26)19-9-4-15-2-1-3-16(15)14-19/h4-9,14H,1-3,10-13H2,(H,22,27). The van der Waals surface area contributed by atoms with Gasteiger partial charge in [-0.1, -0.05) is 6.07 Å². The molecule has 0 saturated carbocycles. The van der Waals surface area contributed by atoms with Crippen molar-refractivity contribution in [3.8, 4) is 0 Å². The maximum Gasteiger partial charge on any atom is 0.243 e. The molecule has 0 aromatic heterocycles. The fraction of sp³-hybridized carbons (Fsp3) is 0.350. The molecule has 0 amide bonds. The van der Waals surface area contributed by atoms with Gasteiger partial charge in [0.2, 0.25) is 10.0 Å². The third kappa shape index (κ3) is 3.90. The molecule has 1 heterocycles. The number of anilines is 1. The second-order valence-corrected chi connectivity index (χ2v) is 9.44. The van der Waals surface area contributed by atoms with E-state index in [1.165, 1.54) is 22.0 Å². The van der Waals surface area contributed by atoms with Crippen LogP contribution in [0.4, 0.5) is 10.1 Å². The van der Waals surface area contributed by atoms with Crippen LogP contribution in [0.25, 0.3) is 0 Å². The molecule has 0 spiro atoms. The van der Waals surface area contributed by atoms with Gasteiger partial charge in [-0.05, 0) is 79.0 Å². The summed E-state index contributed by atoms with van der Waals surface area (Å²) < 4.78 is 40.6. The van der Waals surface area contributed by atoms with Gasteiger partial charge in [0, 0.05) is 31.9 Å². The summed E-state index contributed by atoms with van der Waals surface area (Å²) in [6.07, 6.45) is 3.08. The number of nitrogens with one attached hydrogen (secondary N) is 1. The lowest BCUT2D eigenvalue weighted by atomic mass is 10.1. The van der Waals surface area contributed by atoms with E-state index in [2.05, 4.69) is 5.32 Å². The van der Waals surface area contributed by atoms with Crippen molar-refractivity contribution in [1.82, 2.24) is 9.21 Å². The van der Waals surface area contributed by atoms with Crippen LogP contribution in [0, 0.1) is 5.82 Å². The molecule has 0 unspecified atom stereocenters. The fourth-order valence-electron chi connectivity index (χ4n) is 3.73. The molecule has 4 rings (SSSR count). The molecule has 5 nitrogen and oxygen atoms in total. The number of aryl methyl sites for hydroxylation is 2. The number of thiocarbonyl (C=S) groups is 1. The summed E-state index contributed by atoms with van der Waals surface area (Å²) in [7, 11) is -3.50. The molecule has 2 aliphatic rings. The van der Waals surface area contributed by atoms with Crippen molar-refractivity contribution < 1.29 is 12.8 Å². The Morgan fingerprint density at radius 2 is 1.64 bits per heavy atom. The lowest BCUT2D eigenvalue weighted by Gasteiger charge is -2.35. The van der Waals surface area contributed by atoms with Gasteiger partial charge in [0.15, 0.2) is 5.11 Å². The van der Waals surface area contributed by atoms with E-state index < -0.39 is 10.0 Å². The number of rotatable bonds is 3. The minimum Gasteiger partial charge on any atom is -0.346 e. The number of nitrogens with zero attached hydrogens (tertiary/aromatic N) is 2. The molecule has 148 valence electrons. The van der Waals surface area contributed by atoms with Gasteiger partial charge in [-0.15, -0.1) is 0 Å². The zero-order valence-corrected chi connectivity index (χ0v) is 17.0. The van der Waals surface area contributed by atoms with Crippen LogP contribution in [0.2, 0.25) is 0 Å². The number of hydrogen-bond acceptors (Lipinski definition) is 3. The highest BCUT2D eigenvalue weighted by Gasteiger charge is 2.30. The summed E-state index contributed by atoms with van der Waals surface area (Å²) in [6, 6.07) is 11.5. The van der Waals surface area contributed by atoms with Crippen LogP contribution in [-0.2, 0) is 22.9 Å². The molecule has 2 aromatic carbocycles. The SMILES string of the molecule is O=S(=O)(c1ccc2c(c1)CCC2)N1CCN(C(=S)Nc2ccc(F)cc2)CC1. The maximum absolute atomic E-state index is 13.0. The van der Waals surface area contributed by atoms with Crippen molar-refractivity contribution in [1.29, 1.82) is 0 Å². The van der Waals surface area contributed by atoms with Crippen LogP contribution in [0.3, 0.4) is 0 Å². The summed E-state index contributed by atoms with van der Waals surface area (Å²) in [6.45, 7) is 1.78. The first kappa shape index (κ1) is 19.3. The number of hydrogen-bond donors (Lipinski definition) is 1. The van der Waals surface area contributed by atoms with Crippen molar-refractivity contribution in [2.75, 3.05) is 31.5 Å². The normalized spacial score (nSPS) is 17.4. The molecule has 1 aliphatic heterocycles. The number of fused-ring (bicyclic) bond motifs is 1. The highest BCUT2D eigenvalue weighted by atomic mass is 32.2. The Morgan fingerprint density at radius 3 is 2.36 bits per heavy atom. The Kier molecular flexibility index (Phi) is 5.35. The molecule has 1 N–H and O–H groups in total. The first-order valence-electron chi connectivity index (χ1n) is 9.37. The van der Waals surface area contributed by atoms with Crippen LogP contribution in [0.15, 0.2) is 47.4 Å². The highest BCUT2D eigenvalue weighted by Crippen LogP contribution is 2.26. The van der Waals surface area contributed by atoms with E-state index in [9.17, 15) is 12.8 Å². The van der Waals surface area contributed by atoms with Crippen LogP contribution in [-0.4, -0.2) is 48.9 Å². The number of sulfonamides is 1. The van der Waals surface area contributed by atoms with E-state index in [4.69, 9.17) is 12.2 Å². The number of benzene rings is 2. The molecular formula is C20H22FN3O2S2. The highest BCUT2D eigenvalue weighted by molar-refractivity contribution is 7.89. The minimum absolute atomic E-state index is 0.304. The summed E-state index contributed by atoms with van der Waals surface area (Å²) in [5, 5.41) is 3.59. The van der Waals surface area contributed by atoms with Crippen molar-refractivity contribution in [3.63, 3.8) is 0 Å². The number of piperazine rings is 1. The van der Waals surface area contributed by atoms with Gasteiger partial charge in [-0.25, -0.2) is 12.8 Å². The van der Waals surface area contributed by atoms with Crippen LogP contribution in [0.1, 0.15) is 17.5 Å². The van der Waals surface area contributed by atoms with Gasteiger partial charge >= 0.3 is 0 Å². The molecule has 1 aliphatic carbocycles. The van der Waals surface area contributed by atoms with E-state index >= 15 is 0 Å². The third-order valence-corrected chi connectivity index (χ3v) is 7.58. The Bertz CT molecular complexity index is 985. The minimum atomic E-state index is -3.50. The molecule has 1 saturated heterocycles. The maximum atomic E-state index is 13.0. The van der Waals surface area contributed by atoms with E-state index in [0.717, 1.165) is 24.8 Å². The van der Waals surface area contributed by atoms with E-state index in [-0.39, 0.29) is 5.82 Å². The Labute approximate surface area is 170 Å². The first-order chi connectivity index (χ1) is 13.4. The Hall–Kier alpha value is -2.03. The van der Waals surface area contributed by atoms with E-state index in [1.54, 1.807) is 18.2 Å². The topological polar surface area (TPSA) is 52.7 Å². The van der Waals surface area contributed by atoms with Gasteiger partial charge < -0.3 is 10.2 Å². The monoisotopic (exact) mass is 419 g/mol. The second-order valence-electron chi connectivity index (χ2n) is 7.11. The summed E-state index contributed by atoms with van der Waals surface area (Å²) in [4.78, 5) is 2.32. The van der Waals surface area contributed by atoms with Crippen LogP contribution in [0.5, 0.6) is 0 Å². The Balaban J connectivity index is 1.39. The van der Waals surface area contributed by atoms with Gasteiger partial charge in [-0.3, -0.25) is 0 Å². The first-order valence-corrected chi connectivity index (χ1v) is 11.2. The van der Waals surface area contributed by atoms with Crippen LogP contribution >= 0.6 is 12.2 Å². The second kappa shape index (κ2) is 7.77. The molecule has 0 radical (unpaired) electrons. The van der Waals surface area contributed by atoms with Crippen molar-refractivity contribution in [2.45, 2.75) is 24.2 Å². The molecule has 1 fully saturated rings. The third-order valence-electron chi connectivity index (χ3n) is 5.33. The molecular weight excluding hydrogens is 397 g/mol. The van der Waals surface area contributed by atoms with E-state index in [0.29, 0.717) is 41.9 Å². The van der Waals surface area contributed by atoms with Crippen LogP contribution < -0.4 is 5.32 Å². The predicted molar refractivity (Wildman–Crippen MR) is 111 cm³/mol. The molecule has 28 heavy (non-hydrogen) atoms. The zero-order valence-electron chi connectivity index (χ0n) is 15.4. The molecule has 2 aromatic rings. The lowest BCUT2D eigenvalue weighted by Crippen LogP contribution is -2.51. The van der Waals surface area contributed by atoms with Gasteiger partial charge in [-0.2, -0.15) is 4.31 Å². The van der Waals surface area contributed by atoms with Crippen molar-refractivity contribution in [2.24, 2.45) is 0 Å². The summed E-state index contributed by atoms with van der Waals surface area (Å²) in [5.41, 5.74) is 3.13. The Morgan fingerprint density at radius 1 is 0.964 bits per heavy atom. The fourth-order valence-corrected chi connectivity index (χ4v) is 5.50. The summed E-state index contributed by atoms with van der Waals surface area (Å²) >= 11 is 5.42. The molecule has 8 heteroatoms.